The van der Waals surface area contributed by atoms with E-state index in [0.29, 0.717) is 0 Å². The molecule has 0 saturated heterocycles. The Morgan fingerprint density at radius 2 is 1.48 bits per heavy atom. The summed E-state index contributed by atoms with van der Waals surface area (Å²) < 4.78 is 0. The van der Waals surface area contributed by atoms with Gasteiger partial charge in [-0.1, -0.05) is 13.8 Å². The summed E-state index contributed by atoms with van der Waals surface area (Å²) in [6, 6.07) is -5.04. The van der Waals surface area contributed by atoms with Crippen LogP contribution in [0.1, 0.15) is 26.7 Å². The van der Waals surface area contributed by atoms with Crippen molar-refractivity contribution < 1.29 is 39.3 Å². The molecule has 166 valence electrons. The van der Waals surface area contributed by atoms with Crippen LogP contribution in [0.4, 0.5) is 0 Å². The highest BCUT2D eigenvalue weighted by atomic mass is 32.1. The Morgan fingerprint density at radius 3 is 1.90 bits per heavy atom. The van der Waals surface area contributed by atoms with Crippen molar-refractivity contribution in [3.05, 3.63) is 0 Å². The summed E-state index contributed by atoms with van der Waals surface area (Å²) in [5.74, 6) is -5.57. The number of carbonyl (C=O) groups excluding carboxylic acids is 3. The van der Waals surface area contributed by atoms with Gasteiger partial charge >= 0.3 is 11.9 Å². The third kappa shape index (κ3) is 9.58. The van der Waals surface area contributed by atoms with Gasteiger partial charge in [0.15, 0.2) is 0 Å². The van der Waals surface area contributed by atoms with E-state index >= 15 is 0 Å². The maximum Gasteiger partial charge on any atom is 0.327 e. The zero-order valence-electron chi connectivity index (χ0n) is 16.1. The summed E-state index contributed by atoms with van der Waals surface area (Å²) in [5, 5.41) is 33.7. The van der Waals surface area contributed by atoms with Crippen molar-refractivity contribution in [2.75, 3.05) is 12.4 Å². The second-order valence-corrected chi connectivity index (χ2v) is 6.96. The molecule has 0 aliphatic rings. The number of carboxylic acid groups (broad SMARTS) is 2. The molecule has 13 heteroatoms. The molecular formula is C16H28N4O8S. The fourth-order valence-corrected chi connectivity index (χ4v) is 2.37. The molecule has 3 amide bonds. The van der Waals surface area contributed by atoms with E-state index in [4.69, 9.17) is 15.9 Å². The number of amides is 3. The van der Waals surface area contributed by atoms with Crippen LogP contribution in [0.3, 0.4) is 0 Å². The van der Waals surface area contributed by atoms with Crippen molar-refractivity contribution in [2.24, 2.45) is 11.7 Å². The van der Waals surface area contributed by atoms with Gasteiger partial charge in [-0.15, -0.1) is 0 Å². The fourth-order valence-electron chi connectivity index (χ4n) is 2.12. The van der Waals surface area contributed by atoms with Crippen LogP contribution in [0.2, 0.25) is 0 Å². The minimum atomic E-state index is -1.46. The molecule has 0 radical (unpaired) electrons. The number of carboxylic acids is 2. The molecule has 4 unspecified atom stereocenters. The average molecular weight is 436 g/mol. The summed E-state index contributed by atoms with van der Waals surface area (Å²) in [4.78, 5) is 58.2. The van der Waals surface area contributed by atoms with Crippen molar-refractivity contribution in [1.82, 2.24) is 16.0 Å². The minimum Gasteiger partial charge on any atom is -0.481 e. The molecule has 29 heavy (non-hydrogen) atoms. The van der Waals surface area contributed by atoms with Crippen LogP contribution < -0.4 is 21.7 Å². The molecule has 0 spiro atoms. The Labute approximate surface area is 173 Å². The smallest absolute Gasteiger partial charge is 0.327 e. The first-order chi connectivity index (χ1) is 13.4. The molecule has 0 aromatic heterocycles. The zero-order valence-corrected chi connectivity index (χ0v) is 17.0. The molecule has 4 atom stereocenters. The highest BCUT2D eigenvalue weighted by Crippen LogP contribution is 2.05. The molecule has 0 saturated carbocycles. The number of hydrogen-bond donors (Lipinski definition) is 8. The molecule has 0 aliphatic heterocycles. The first-order valence-electron chi connectivity index (χ1n) is 8.77. The topological polar surface area (TPSA) is 208 Å². The first kappa shape index (κ1) is 26.6. The number of aliphatic carboxylic acids is 2. The van der Waals surface area contributed by atoms with Crippen LogP contribution >= 0.6 is 12.6 Å². The average Bonchev–Trinajstić information content (AvgIpc) is 2.64. The molecule has 0 heterocycles. The summed E-state index contributed by atoms with van der Waals surface area (Å²) in [7, 11) is 0. The minimum absolute atomic E-state index is 0.129. The van der Waals surface area contributed by atoms with E-state index in [1.807, 2.05) is 0 Å². The lowest BCUT2D eigenvalue weighted by Gasteiger charge is -2.26. The predicted molar refractivity (Wildman–Crippen MR) is 104 cm³/mol. The molecule has 0 rings (SSSR count). The van der Waals surface area contributed by atoms with Gasteiger partial charge in [0, 0.05) is 12.2 Å². The molecule has 0 aliphatic carbocycles. The third-order valence-electron chi connectivity index (χ3n) is 3.87. The molecule has 12 nitrogen and oxygen atoms in total. The summed E-state index contributed by atoms with van der Waals surface area (Å²) in [6.07, 6.45) is -0.453. The van der Waals surface area contributed by atoms with E-state index in [2.05, 4.69) is 28.6 Å². The Kier molecular flexibility index (Phi) is 11.9. The van der Waals surface area contributed by atoms with Crippen LogP contribution in [0, 0.1) is 5.92 Å². The lowest BCUT2D eigenvalue weighted by Crippen LogP contribution is -2.59. The van der Waals surface area contributed by atoms with Crippen LogP contribution in [0.5, 0.6) is 0 Å². The standard InChI is InChI=1S/C16H28N4O8S/c1-7(2)12(20-13(24)8(17)3-4-11(22)23)15(26)18-9(5-21)14(25)19-10(6-29)16(27)28/h7-10,12,21,29H,3-6,17H2,1-2H3,(H,18,26)(H,19,25)(H,20,24)(H,22,23)(H,27,28). The number of aliphatic hydroxyl groups is 1. The Morgan fingerprint density at radius 1 is 0.931 bits per heavy atom. The van der Waals surface area contributed by atoms with E-state index in [0.717, 1.165) is 0 Å². The van der Waals surface area contributed by atoms with Gasteiger partial charge < -0.3 is 37.0 Å². The summed E-state index contributed by atoms with van der Waals surface area (Å²) in [6.45, 7) is 2.42. The van der Waals surface area contributed by atoms with E-state index in [1.165, 1.54) is 0 Å². The van der Waals surface area contributed by atoms with E-state index in [9.17, 15) is 29.1 Å². The number of nitrogens with one attached hydrogen (secondary N) is 3. The normalized spacial score (nSPS) is 15.0. The van der Waals surface area contributed by atoms with Crippen molar-refractivity contribution in [1.29, 1.82) is 0 Å². The number of nitrogens with two attached hydrogens (primary N) is 1. The van der Waals surface area contributed by atoms with Gasteiger partial charge in [0.2, 0.25) is 17.7 Å². The highest BCUT2D eigenvalue weighted by molar-refractivity contribution is 7.80. The number of hydrogen-bond acceptors (Lipinski definition) is 8. The Bertz CT molecular complexity index is 616. The molecule has 0 fully saturated rings. The lowest BCUT2D eigenvalue weighted by atomic mass is 10.0. The van der Waals surface area contributed by atoms with Crippen LogP contribution in [-0.4, -0.2) is 81.5 Å². The third-order valence-corrected chi connectivity index (χ3v) is 4.23. The van der Waals surface area contributed by atoms with Crippen molar-refractivity contribution in [3.63, 3.8) is 0 Å². The number of rotatable bonds is 13. The van der Waals surface area contributed by atoms with E-state index in [-0.39, 0.29) is 18.6 Å². The van der Waals surface area contributed by atoms with Crippen LogP contribution in [-0.2, 0) is 24.0 Å². The van der Waals surface area contributed by atoms with Crippen LogP contribution in [0.15, 0.2) is 0 Å². The van der Waals surface area contributed by atoms with Crippen LogP contribution in [0.25, 0.3) is 0 Å². The fraction of sp³-hybridized carbons (Fsp3) is 0.688. The van der Waals surface area contributed by atoms with E-state index < -0.39 is 66.4 Å². The van der Waals surface area contributed by atoms with Crippen molar-refractivity contribution >= 4 is 42.3 Å². The van der Waals surface area contributed by atoms with Gasteiger partial charge in [0.1, 0.15) is 18.1 Å². The maximum atomic E-state index is 12.5. The van der Waals surface area contributed by atoms with Gasteiger partial charge in [-0.2, -0.15) is 12.6 Å². The molecule has 0 bridgehead atoms. The van der Waals surface area contributed by atoms with Gasteiger partial charge in [-0.05, 0) is 12.3 Å². The maximum absolute atomic E-state index is 12.5. The number of carbonyl (C=O) groups is 5. The Hall–Kier alpha value is -2.38. The molecular weight excluding hydrogens is 408 g/mol. The van der Waals surface area contributed by atoms with Crippen molar-refractivity contribution in [2.45, 2.75) is 50.9 Å². The Balaban J connectivity index is 5.05. The largest absolute Gasteiger partial charge is 0.481 e. The zero-order chi connectivity index (χ0) is 22.7. The monoisotopic (exact) mass is 436 g/mol. The highest BCUT2D eigenvalue weighted by Gasteiger charge is 2.31. The molecule has 0 aromatic rings. The van der Waals surface area contributed by atoms with Gasteiger partial charge in [-0.25, -0.2) is 4.79 Å². The second kappa shape index (κ2) is 13.0. The lowest BCUT2D eigenvalue weighted by molar-refractivity contribution is -0.142. The van der Waals surface area contributed by atoms with Gasteiger partial charge in [0.05, 0.1) is 12.6 Å². The number of thiol groups is 1. The van der Waals surface area contributed by atoms with Crippen molar-refractivity contribution in [3.8, 4) is 0 Å². The van der Waals surface area contributed by atoms with Gasteiger partial charge in [-0.3, -0.25) is 19.2 Å². The molecule has 8 N–H and O–H groups in total. The summed E-state index contributed by atoms with van der Waals surface area (Å²) in [5.41, 5.74) is 5.61. The van der Waals surface area contributed by atoms with E-state index in [1.54, 1.807) is 13.8 Å². The summed E-state index contributed by atoms with van der Waals surface area (Å²) >= 11 is 3.80. The second-order valence-electron chi connectivity index (χ2n) is 6.59. The number of aliphatic hydroxyl groups excluding tert-OH is 1. The predicted octanol–water partition coefficient (Wildman–Crippen LogP) is -2.70. The van der Waals surface area contributed by atoms with Gasteiger partial charge in [0.25, 0.3) is 0 Å². The first-order valence-corrected chi connectivity index (χ1v) is 9.40. The SMILES string of the molecule is CC(C)C(NC(=O)C(N)CCC(=O)O)C(=O)NC(CO)C(=O)NC(CS)C(=O)O. The molecule has 0 aromatic carbocycles. The quantitative estimate of drug-likeness (QED) is 0.141.